The van der Waals surface area contributed by atoms with Crippen LogP contribution >= 0.6 is 0 Å². The van der Waals surface area contributed by atoms with E-state index in [9.17, 15) is 14.9 Å². The third-order valence-corrected chi connectivity index (χ3v) is 4.05. The van der Waals surface area contributed by atoms with Gasteiger partial charge in [-0.25, -0.2) is 4.79 Å². The molecule has 1 aromatic heterocycles. The molecule has 0 saturated carbocycles. The van der Waals surface area contributed by atoms with Gasteiger partial charge in [-0.15, -0.1) is 0 Å². The lowest BCUT2D eigenvalue weighted by atomic mass is 10.0. The number of furan rings is 1. The minimum absolute atomic E-state index is 0.00260. The van der Waals surface area contributed by atoms with Gasteiger partial charge in [0.1, 0.15) is 11.5 Å². The van der Waals surface area contributed by atoms with E-state index in [0.717, 1.165) is 5.56 Å². The van der Waals surface area contributed by atoms with Crippen molar-refractivity contribution in [3.63, 3.8) is 0 Å². The van der Waals surface area contributed by atoms with E-state index >= 15 is 0 Å². The first kappa shape index (κ1) is 17.9. The number of nitriles is 1. The molecule has 5 nitrogen and oxygen atoms in total. The zero-order valence-corrected chi connectivity index (χ0v) is 14.5. The molecule has 3 aromatic rings. The zero-order chi connectivity index (χ0) is 19.4. The molecule has 1 N–H and O–H groups in total. The van der Waals surface area contributed by atoms with Crippen LogP contribution in [0.15, 0.2) is 65.1 Å². The van der Waals surface area contributed by atoms with Crippen molar-refractivity contribution in [2.75, 3.05) is 0 Å². The number of benzene rings is 2. The van der Waals surface area contributed by atoms with Crippen molar-refractivity contribution < 1.29 is 19.1 Å². The summed E-state index contributed by atoms with van der Waals surface area (Å²) in [4.78, 5) is 22.3. The molecule has 2 aromatic carbocycles. The Morgan fingerprint density at radius 3 is 2.07 bits per heavy atom. The van der Waals surface area contributed by atoms with Crippen LogP contribution in [-0.2, 0) is 0 Å². The van der Waals surface area contributed by atoms with Crippen LogP contribution in [0.25, 0.3) is 23.0 Å². The Bertz CT molecular complexity index is 1060. The molecule has 5 heteroatoms. The number of aromatic carboxylic acids is 1. The number of nitrogens with zero attached hydrogens (tertiary/aromatic N) is 1. The number of carboxylic acids is 1. The van der Waals surface area contributed by atoms with Crippen LogP contribution in [0.1, 0.15) is 39.0 Å². The van der Waals surface area contributed by atoms with E-state index in [2.05, 4.69) is 6.07 Å². The maximum absolute atomic E-state index is 11.4. The number of hydrogen-bond acceptors (Lipinski definition) is 4. The molecule has 0 amide bonds. The van der Waals surface area contributed by atoms with Gasteiger partial charge in [0.2, 0.25) is 0 Å². The highest BCUT2D eigenvalue weighted by Gasteiger charge is 2.08. The van der Waals surface area contributed by atoms with E-state index in [-0.39, 0.29) is 11.3 Å². The Labute approximate surface area is 155 Å². The second-order valence-electron chi connectivity index (χ2n) is 5.89. The van der Waals surface area contributed by atoms with Crippen LogP contribution in [0.3, 0.4) is 0 Å². The molecule has 0 aliphatic heterocycles. The first-order chi connectivity index (χ1) is 13.0. The molecule has 0 aliphatic carbocycles. The van der Waals surface area contributed by atoms with Gasteiger partial charge in [-0.1, -0.05) is 36.4 Å². The number of carboxylic acid groups (broad SMARTS) is 1. The SMILES string of the molecule is CC(=O)c1ccc(-c2ccc(/C=C(/C#N)c3ccc(C(=O)O)cc3)o2)cc1. The normalized spacial score (nSPS) is 11.0. The van der Waals surface area contributed by atoms with Gasteiger partial charge in [0.15, 0.2) is 5.78 Å². The summed E-state index contributed by atoms with van der Waals surface area (Å²) in [7, 11) is 0. The molecule has 0 aliphatic rings. The minimum atomic E-state index is -1.02. The van der Waals surface area contributed by atoms with Gasteiger partial charge in [-0.2, -0.15) is 5.26 Å². The van der Waals surface area contributed by atoms with Crippen molar-refractivity contribution >= 4 is 23.4 Å². The monoisotopic (exact) mass is 357 g/mol. The highest BCUT2D eigenvalue weighted by molar-refractivity contribution is 5.94. The van der Waals surface area contributed by atoms with E-state index in [1.165, 1.54) is 19.1 Å². The summed E-state index contributed by atoms with van der Waals surface area (Å²) in [5, 5.41) is 18.4. The molecule has 132 valence electrons. The first-order valence-electron chi connectivity index (χ1n) is 8.14. The number of ketones is 1. The number of hydrogen-bond donors (Lipinski definition) is 1. The van der Waals surface area contributed by atoms with Crippen LogP contribution in [0.2, 0.25) is 0 Å². The maximum Gasteiger partial charge on any atom is 0.335 e. The maximum atomic E-state index is 11.4. The smallest absolute Gasteiger partial charge is 0.335 e. The molecule has 0 bridgehead atoms. The predicted molar refractivity (Wildman–Crippen MR) is 101 cm³/mol. The van der Waals surface area contributed by atoms with Gasteiger partial charge >= 0.3 is 5.97 Å². The Balaban J connectivity index is 1.87. The van der Waals surface area contributed by atoms with Crippen LogP contribution < -0.4 is 0 Å². The average Bonchev–Trinajstić information content (AvgIpc) is 3.15. The lowest BCUT2D eigenvalue weighted by Gasteiger charge is -2.00. The molecule has 1 heterocycles. The van der Waals surface area contributed by atoms with Crippen molar-refractivity contribution in [3.05, 3.63) is 83.1 Å². The molecule has 0 radical (unpaired) electrons. The van der Waals surface area contributed by atoms with E-state index in [1.54, 1.807) is 54.6 Å². The van der Waals surface area contributed by atoms with Crippen LogP contribution in [-0.4, -0.2) is 16.9 Å². The summed E-state index contributed by atoms with van der Waals surface area (Å²) < 4.78 is 5.78. The summed E-state index contributed by atoms with van der Waals surface area (Å²) >= 11 is 0. The van der Waals surface area contributed by atoms with Crippen molar-refractivity contribution in [2.45, 2.75) is 6.92 Å². The van der Waals surface area contributed by atoms with Crippen molar-refractivity contribution in [1.82, 2.24) is 0 Å². The lowest BCUT2D eigenvalue weighted by molar-refractivity contribution is 0.0696. The Kier molecular flexibility index (Phi) is 5.00. The predicted octanol–water partition coefficient (Wildman–Crippen LogP) is 4.91. The summed E-state index contributed by atoms with van der Waals surface area (Å²) in [6.07, 6.45) is 1.60. The number of allylic oxidation sites excluding steroid dienone is 1. The minimum Gasteiger partial charge on any atom is -0.478 e. The number of carbonyl (C=O) groups is 2. The summed E-state index contributed by atoms with van der Waals surface area (Å²) in [5.41, 5.74) is 2.57. The fourth-order valence-electron chi connectivity index (χ4n) is 2.57. The molecular weight excluding hydrogens is 342 g/mol. The molecule has 3 rings (SSSR count). The average molecular weight is 357 g/mol. The Morgan fingerprint density at radius 2 is 1.52 bits per heavy atom. The molecule has 0 spiro atoms. The largest absolute Gasteiger partial charge is 0.478 e. The number of carbonyl (C=O) groups excluding carboxylic acids is 1. The van der Waals surface area contributed by atoms with Gasteiger partial charge in [-0.05, 0) is 42.8 Å². The van der Waals surface area contributed by atoms with Crippen molar-refractivity contribution in [3.8, 4) is 17.4 Å². The van der Waals surface area contributed by atoms with Gasteiger partial charge in [0.05, 0.1) is 17.2 Å². The number of rotatable bonds is 5. The van der Waals surface area contributed by atoms with E-state index < -0.39 is 5.97 Å². The molecule has 0 unspecified atom stereocenters. The quantitative estimate of drug-likeness (QED) is 0.517. The van der Waals surface area contributed by atoms with Crippen LogP contribution in [0.5, 0.6) is 0 Å². The fraction of sp³-hybridized carbons (Fsp3) is 0.0455. The summed E-state index contributed by atoms with van der Waals surface area (Å²) in [5.74, 6) is 0.0991. The lowest BCUT2D eigenvalue weighted by Crippen LogP contribution is -1.95. The van der Waals surface area contributed by atoms with E-state index in [0.29, 0.717) is 28.2 Å². The second-order valence-corrected chi connectivity index (χ2v) is 5.89. The third-order valence-electron chi connectivity index (χ3n) is 4.05. The van der Waals surface area contributed by atoms with Crippen LogP contribution in [0.4, 0.5) is 0 Å². The summed E-state index contributed by atoms with van der Waals surface area (Å²) in [6, 6.07) is 18.8. The molecule has 27 heavy (non-hydrogen) atoms. The molecule has 0 fully saturated rings. The highest BCUT2D eigenvalue weighted by atomic mass is 16.4. The second kappa shape index (κ2) is 7.54. The van der Waals surface area contributed by atoms with Gasteiger partial charge in [-0.3, -0.25) is 4.79 Å². The van der Waals surface area contributed by atoms with Gasteiger partial charge in [0.25, 0.3) is 0 Å². The highest BCUT2D eigenvalue weighted by Crippen LogP contribution is 2.25. The van der Waals surface area contributed by atoms with Crippen molar-refractivity contribution in [2.24, 2.45) is 0 Å². The fourth-order valence-corrected chi connectivity index (χ4v) is 2.57. The van der Waals surface area contributed by atoms with Crippen molar-refractivity contribution in [1.29, 1.82) is 5.26 Å². The third kappa shape index (κ3) is 4.02. The number of Topliss-reactive ketones (excluding diaryl/α,β-unsaturated/α-hetero) is 1. The summed E-state index contributed by atoms with van der Waals surface area (Å²) in [6.45, 7) is 1.51. The molecule has 0 saturated heterocycles. The van der Waals surface area contributed by atoms with E-state index in [4.69, 9.17) is 9.52 Å². The molecular formula is C22H15NO4. The Morgan fingerprint density at radius 1 is 0.926 bits per heavy atom. The van der Waals surface area contributed by atoms with Gasteiger partial charge < -0.3 is 9.52 Å². The first-order valence-corrected chi connectivity index (χ1v) is 8.14. The van der Waals surface area contributed by atoms with Crippen LogP contribution in [0, 0.1) is 11.3 Å². The van der Waals surface area contributed by atoms with Gasteiger partial charge in [0, 0.05) is 11.1 Å². The van der Waals surface area contributed by atoms with E-state index in [1.807, 2.05) is 0 Å². The molecule has 0 atom stereocenters. The standard InChI is InChI=1S/C22H15NO4/c1-14(24)15-2-6-17(7-3-15)21-11-10-20(27-21)12-19(13-23)16-4-8-18(9-5-16)22(25)26/h2-12H,1H3,(H,25,26)/b19-12-. The zero-order valence-electron chi connectivity index (χ0n) is 14.5. The topological polar surface area (TPSA) is 91.3 Å². The Hall–Kier alpha value is -3.91.